The lowest BCUT2D eigenvalue weighted by Gasteiger charge is -2.24. The van der Waals surface area contributed by atoms with Crippen LogP contribution in [0, 0.1) is 0 Å². The van der Waals surface area contributed by atoms with Crippen molar-refractivity contribution in [3.05, 3.63) is 33.1 Å². The molecule has 1 N–H and O–H groups in total. The monoisotopic (exact) mass is 253 g/mol. The smallest absolute Gasteiger partial charge is 0.331 e. The molecule has 0 aliphatic carbocycles. The van der Waals surface area contributed by atoms with Crippen LogP contribution in [0.5, 0.6) is 0 Å². The Labute approximate surface area is 105 Å². The Balaban J connectivity index is 2.87. The molecule has 0 aliphatic heterocycles. The fourth-order valence-corrected chi connectivity index (χ4v) is 1.40. The van der Waals surface area contributed by atoms with Crippen molar-refractivity contribution in [3.8, 4) is 0 Å². The number of amides is 1. The molecule has 0 atom stereocenters. The molecule has 1 aromatic heterocycles. The Morgan fingerprint density at radius 1 is 1.39 bits per heavy atom. The van der Waals surface area contributed by atoms with E-state index in [0.29, 0.717) is 0 Å². The van der Waals surface area contributed by atoms with Crippen molar-refractivity contribution in [2.45, 2.75) is 39.3 Å². The highest BCUT2D eigenvalue weighted by atomic mass is 16.2. The fraction of sp³-hybridized carbons (Fsp3) is 0.583. The van der Waals surface area contributed by atoms with E-state index in [1.807, 2.05) is 20.8 Å². The van der Waals surface area contributed by atoms with Crippen molar-refractivity contribution >= 4 is 5.91 Å². The number of hydrogen-bond donors (Lipinski definition) is 1. The first-order valence-corrected chi connectivity index (χ1v) is 5.84. The van der Waals surface area contributed by atoms with Crippen molar-refractivity contribution in [1.82, 2.24) is 14.5 Å². The summed E-state index contributed by atoms with van der Waals surface area (Å²) in [6.07, 6.45) is 2.13. The predicted molar refractivity (Wildman–Crippen MR) is 68.5 cm³/mol. The number of carbonyl (C=O) groups excluding carboxylic acids is 1. The first-order chi connectivity index (χ1) is 8.26. The van der Waals surface area contributed by atoms with Crippen LogP contribution in [0.4, 0.5) is 0 Å². The van der Waals surface area contributed by atoms with Crippen LogP contribution in [0.15, 0.2) is 21.9 Å². The third-order valence-electron chi connectivity index (χ3n) is 2.94. The molecule has 0 aliphatic rings. The summed E-state index contributed by atoms with van der Waals surface area (Å²) >= 11 is 0. The maximum absolute atomic E-state index is 11.8. The van der Waals surface area contributed by atoms with E-state index in [-0.39, 0.29) is 23.6 Å². The lowest BCUT2D eigenvalue weighted by Crippen LogP contribution is -2.46. The Bertz CT molecular complexity index is 554. The van der Waals surface area contributed by atoms with Gasteiger partial charge in [-0.2, -0.15) is 0 Å². The lowest BCUT2D eigenvalue weighted by atomic mass is 10.0. The summed E-state index contributed by atoms with van der Waals surface area (Å²) in [6, 6.07) is 1.26. The average Bonchev–Trinajstić information content (AvgIpc) is 2.29. The molecule has 1 aromatic rings. The molecule has 1 amide bonds. The van der Waals surface area contributed by atoms with Gasteiger partial charge in [0.25, 0.3) is 5.56 Å². The van der Waals surface area contributed by atoms with Crippen LogP contribution in [0.25, 0.3) is 0 Å². The highest BCUT2D eigenvalue weighted by Gasteiger charge is 2.18. The zero-order valence-electron chi connectivity index (χ0n) is 11.2. The SMILES string of the molecule is CCC(C)(C)NC(=O)Cn1ccc(=O)n(C)c1=O. The minimum atomic E-state index is -0.494. The molecule has 0 fully saturated rings. The molecule has 0 aromatic carbocycles. The van der Waals surface area contributed by atoms with Gasteiger partial charge in [-0.15, -0.1) is 0 Å². The van der Waals surface area contributed by atoms with E-state index in [0.717, 1.165) is 11.0 Å². The van der Waals surface area contributed by atoms with Crippen molar-refractivity contribution in [3.63, 3.8) is 0 Å². The van der Waals surface area contributed by atoms with Crippen LogP contribution >= 0.6 is 0 Å². The van der Waals surface area contributed by atoms with Gasteiger partial charge in [-0.3, -0.25) is 18.7 Å². The van der Waals surface area contributed by atoms with Crippen LogP contribution < -0.4 is 16.6 Å². The van der Waals surface area contributed by atoms with Crippen LogP contribution in [0.3, 0.4) is 0 Å². The molecule has 0 spiro atoms. The van der Waals surface area contributed by atoms with Gasteiger partial charge < -0.3 is 5.32 Å². The van der Waals surface area contributed by atoms with Gasteiger partial charge in [0.15, 0.2) is 0 Å². The Morgan fingerprint density at radius 2 is 2.00 bits per heavy atom. The second kappa shape index (κ2) is 5.20. The molecule has 1 heterocycles. The second-order valence-electron chi connectivity index (χ2n) is 4.91. The number of nitrogens with one attached hydrogen (secondary N) is 1. The molecule has 1 rings (SSSR count). The van der Waals surface area contributed by atoms with Crippen LogP contribution in [-0.4, -0.2) is 20.6 Å². The van der Waals surface area contributed by atoms with Gasteiger partial charge in [0.2, 0.25) is 5.91 Å². The van der Waals surface area contributed by atoms with E-state index in [1.54, 1.807) is 0 Å². The van der Waals surface area contributed by atoms with Crippen molar-refractivity contribution < 1.29 is 4.79 Å². The fourth-order valence-electron chi connectivity index (χ4n) is 1.40. The topological polar surface area (TPSA) is 73.1 Å². The normalized spacial score (nSPS) is 11.3. The van der Waals surface area contributed by atoms with Gasteiger partial charge >= 0.3 is 5.69 Å². The quantitative estimate of drug-likeness (QED) is 0.811. The molecular weight excluding hydrogens is 234 g/mol. The number of rotatable bonds is 4. The largest absolute Gasteiger partial charge is 0.350 e. The average molecular weight is 253 g/mol. The minimum absolute atomic E-state index is 0.0869. The predicted octanol–water partition coefficient (Wildman–Crippen LogP) is -0.148. The van der Waals surface area contributed by atoms with Gasteiger partial charge in [-0.05, 0) is 20.3 Å². The number of aromatic nitrogens is 2. The molecule has 0 saturated heterocycles. The number of carbonyl (C=O) groups is 1. The molecule has 0 radical (unpaired) electrons. The van der Waals surface area contributed by atoms with Crippen molar-refractivity contribution in [2.24, 2.45) is 7.05 Å². The summed E-state index contributed by atoms with van der Waals surface area (Å²) in [5.74, 6) is -0.248. The van der Waals surface area contributed by atoms with E-state index in [2.05, 4.69) is 5.32 Å². The third kappa shape index (κ3) is 3.32. The van der Waals surface area contributed by atoms with Gasteiger partial charge in [-0.1, -0.05) is 6.92 Å². The van der Waals surface area contributed by atoms with E-state index >= 15 is 0 Å². The third-order valence-corrected chi connectivity index (χ3v) is 2.94. The van der Waals surface area contributed by atoms with Gasteiger partial charge in [-0.25, -0.2) is 4.79 Å². The Kier molecular flexibility index (Phi) is 4.11. The van der Waals surface area contributed by atoms with Gasteiger partial charge in [0, 0.05) is 24.8 Å². The summed E-state index contributed by atoms with van der Waals surface area (Å²) in [5, 5.41) is 2.83. The molecule has 6 heteroatoms. The van der Waals surface area contributed by atoms with Gasteiger partial charge in [0.1, 0.15) is 6.54 Å². The lowest BCUT2D eigenvalue weighted by molar-refractivity contribution is -0.123. The molecule has 0 saturated carbocycles. The summed E-state index contributed by atoms with van der Waals surface area (Å²) in [6.45, 7) is 5.71. The number of nitrogens with zero attached hydrogens (tertiary/aromatic N) is 2. The van der Waals surface area contributed by atoms with E-state index in [1.165, 1.54) is 23.9 Å². The van der Waals surface area contributed by atoms with Crippen LogP contribution in [0.1, 0.15) is 27.2 Å². The maximum atomic E-state index is 11.8. The Morgan fingerprint density at radius 3 is 2.56 bits per heavy atom. The molecule has 0 bridgehead atoms. The highest BCUT2D eigenvalue weighted by Crippen LogP contribution is 2.06. The van der Waals surface area contributed by atoms with E-state index in [9.17, 15) is 14.4 Å². The van der Waals surface area contributed by atoms with E-state index in [4.69, 9.17) is 0 Å². The van der Waals surface area contributed by atoms with Gasteiger partial charge in [0.05, 0.1) is 0 Å². The molecule has 18 heavy (non-hydrogen) atoms. The summed E-state index contributed by atoms with van der Waals surface area (Å²) in [7, 11) is 1.38. The summed E-state index contributed by atoms with van der Waals surface area (Å²) < 4.78 is 2.18. The maximum Gasteiger partial charge on any atom is 0.331 e. The highest BCUT2D eigenvalue weighted by molar-refractivity contribution is 5.76. The zero-order chi connectivity index (χ0) is 13.9. The van der Waals surface area contributed by atoms with Crippen molar-refractivity contribution in [1.29, 1.82) is 0 Å². The minimum Gasteiger partial charge on any atom is -0.350 e. The summed E-state index contributed by atoms with van der Waals surface area (Å²) in [5.41, 5.74) is -1.18. The molecule has 100 valence electrons. The van der Waals surface area contributed by atoms with Crippen LogP contribution in [0.2, 0.25) is 0 Å². The van der Waals surface area contributed by atoms with Crippen LogP contribution in [-0.2, 0) is 18.4 Å². The first-order valence-electron chi connectivity index (χ1n) is 5.84. The first kappa shape index (κ1) is 14.2. The van der Waals surface area contributed by atoms with Crippen molar-refractivity contribution in [2.75, 3.05) is 0 Å². The zero-order valence-corrected chi connectivity index (χ0v) is 11.2. The van der Waals surface area contributed by atoms with E-state index < -0.39 is 5.69 Å². The standard InChI is InChI=1S/C12H19N3O3/c1-5-12(2,3)13-9(16)8-15-7-6-10(17)14(4)11(15)18/h6-7H,5,8H2,1-4H3,(H,13,16). The Hall–Kier alpha value is -1.85. The number of hydrogen-bond acceptors (Lipinski definition) is 3. The molecule has 6 nitrogen and oxygen atoms in total. The molecule has 0 unspecified atom stereocenters. The summed E-state index contributed by atoms with van der Waals surface area (Å²) in [4.78, 5) is 34.7. The molecular formula is C12H19N3O3. The second-order valence-corrected chi connectivity index (χ2v) is 4.91.